The molecular weight excluding hydrogens is 226 g/mol. The van der Waals surface area contributed by atoms with Gasteiger partial charge >= 0.3 is 0 Å². The molecule has 1 aromatic carbocycles. The molecule has 0 fully saturated rings. The molecule has 0 unspecified atom stereocenters. The maximum absolute atomic E-state index is 11.2. The molecule has 0 saturated carbocycles. The van der Waals surface area contributed by atoms with Crippen LogP contribution in [0.2, 0.25) is 0 Å². The minimum absolute atomic E-state index is 0.0631. The van der Waals surface area contributed by atoms with E-state index in [1.165, 1.54) is 0 Å². The molecule has 1 amide bonds. The van der Waals surface area contributed by atoms with Crippen LogP contribution in [-0.4, -0.2) is 16.6 Å². The van der Waals surface area contributed by atoms with E-state index in [4.69, 9.17) is 0 Å². The van der Waals surface area contributed by atoms with Crippen LogP contribution in [0.1, 0.15) is 37.8 Å². The molecule has 1 aliphatic heterocycles. The first-order valence-electron chi connectivity index (χ1n) is 6.26. The van der Waals surface area contributed by atoms with Gasteiger partial charge in [-0.25, -0.2) is 0 Å². The van der Waals surface area contributed by atoms with E-state index in [-0.39, 0.29) is 5.91 Å². The van der Waals surface area contributed by atoms with Crippen molar-refractivity contribution in [3.63, 3.8) is 0 Å². The average Bonchev–Trinajstić information content (AvgIpc) is 2.62. The van der Waals surface area contributed by atoms with Crippen LogP contribution < -0.4 is 5.32 Å². The Kier molecular flexibility index (Phi) is 3.53. The third kappa shape index (κ3) is 3.44. The van der Waals surface area contributed by atoms with Crippen LogP contribution in [0, 0.1) is 0 Å². The summed E-state index contributed by atoms with van der Waals surface area (Å²) in [5, 5.41) is 12.4. The largest absolute Gasteiger partial charge is 0.390 e. The summed E-state index contributed by atoms with van der Waals surface area (Å²) in [6, 6.07) is 5.97. The quantitative estimate of drug-likeness (QED) is 0.857. The van der Waals surface area contributed by atoms with Crippen molar-refractivity contribution >= 4 is 17.7 Å². The van der Waals surface area contributed by atoms with Gasteiger partial charge < -0.3 is 10.4 Å². The Hall–Kier alpha value is -1.61. The molecule has 0 aliphatic carbocycles. The zero-order valence-electron chi connectivity index (χ0n) is 10.9. The van der Waals surface area contributed by atoms with Crippen LogP contribution in [0.15, 0.2) is 24.3 Å². The van der Waals surface area contributed by atoms with Crippen molar-refractivity contribution in [3.8, 4) is 0 Å². The molecule has 1 aromatic rings. The predicted molar refractivity (Wildman–Crippen MR) is 73.3 cm³/mol. The predicted octanol–water partition coefficient (Wildman–Crippen LogP) is 2.75. The van der Waals surface area contributed by atoms with Crippen molar-refractivity contribution in [1.29, 1.82) is 0 Å². The summed E-state index contributed by atoms with van der Waals surface area (Å²) in [6.07, 6.45) is 6.16. The second kappa shape index (κ2) is 4.94. The molecule has 3 heteroatoms. The molecule has 0 atom stereocenters. The van der Waals surface area contributed by atoms with E-state index < -0.39 is 5.60 Å². The van der Waals surface area contributed by atoms with Gasteiger partial charge in [0.25, 0.3) is 0 Å². The number of anilines is 1. The van der Waals surface area contributed by atoms with Crippen molar-refractivity contribution in [1.82, 2.24) is 0 Å². The summed E-state index contributed by atoms with van der Waals surface area (Å²) >= 11 is 0. The summed E-state index contributed by atoms with van der Waals surface area (Å²) in [4.78, 5) is 11.2. The molecule has 18 heavy (non-hydrogen) atoms. The Morgan fingerprint density at radius 1 is 1.44 bits per heavy atom. The highest BCUT2D eigenvalue weighted by Gasteiger charge is 2.16. The van der Waals surface area contributed by atoms with Gasteiger partial charge in [-0.3, -0.25) is 4.79 Å². The van der Waals surface area contributed by atoms with Gasteiger partial charge in [-0.15, -0.1) is 0 Å². The summed E-state index contributed by atoms with van der Waals surface area (Å²) in [5.41, 5.74) is 2.47. The van der Waals surface area contributed by atoms with Gasteiger partial charge in [0, 0.05) is 5.69 Å². The van der Waals surface area contributed by atoms with Gasteiger partial charge in [0.15, 0.2) is 0 Å². The van der Waals surface area contributed by atoms with Gasteiger partial charge in [0.05, 0.1) is 12.0 Å². The van der Waals surface area contributed by atoms with Crippen LogP contribution in [0.4, 0.5) is 5.69 Å². The number of carbonyl (C=O) groups is 1. The Morgan fingerprint density at radius 2 is 2.22 bits per heavy atom. The highest BCUT2D eigenvalue weighted by atomic mass is 16.3. The Balaban J connectivity index is 1.97. The van der Waals surface area contributed by atoms with Crippen LogP contribution in [-0.2, 0) is 11.2 Å². The minimum atomic E-state index is -0.612. The first kappa shape index (κ1) is 12.8. The number of nitrogens with one attached hydrogen (secondary N) is 1. The molecular formula is C15H19NO2. The van der Waals surface area contributed by atoms with Crippen molar-refractivity contribution in [2.75, 3.05) is 5.32 Å². The van der Waals surface area contributed by atoms with E-state index in [0.717, 1.165) is 29.7 Å². The number of allylic oxidation sites excluding steroid dienone is 1. The van der Waals surface area contributed by atoms with Crippen LogP contribution in [0.5, 0.6) is 0 Å². The lowest BCUT2D eigenvalue weighted by atomic mass is 10.0. The van der Waals surface area contributed by atoms with Crippen LogP contribution in [0.3, 0.4) is 0 Å². The number of rotatable bonds is 4. The number of benzene rings is 1. The molecule has 0 spiro atoms. The Bertz CT molecular complexity index is 484. The molecule has 0 bridgehead atoms. The van der Waals surface area contributed by atoms with E-state index in [9.17, 15) is 9.90 Å². The highest BCUT2D eigenvalue weighted by Crippen LogP contribution is 2.24. The third-order valence-corrected chi connectivity index (χ3v) is 2.99. The second-order valence-electron chi connectivity index (χ2n) is 5.40. The van der Waals surface area contributed by atoms with Crippen molar-refractivity contribution in [2.24, 2.45) is 0 Å². The van der Waals surface area contributed by atoms with E-state index in [1.807, 2.05) is 38.1 Å². The first-order valence-corrected chi connectivity index (χ1v) is 6.26. The fraction of sp³-hybridized carbons (Fsp3) is 0.400. The van der Waals surface area contributed by atoms with Gasteiger partial charge in [-0.1, -0.05) is 18.2 Å². The molecule has 2 rings (SSSR count). The molecule has 3 nitrogen and oxygen atoms in total. The number of hydrogen-bond acceptors (Lipinski definition) is 2. The molecule has 0 radical (unpaired) electrons. The summed E-state index contributed by atoms with van der Waals surface area (Å²) in [6.45, 7) is 3.63. The third-order valence-electron chi connectivity index (χ3n) is 2.99. The lowest BCUT2D eigenvalue weighted by Gasteiger charge is -2.14. The number of amides is 1. The van der Waals surface area contributed by atoms with Crippen LogP contribution >= 0.6 is 0 Å². The molecule has 1 aliphatic rings. The summed E-state index contributed by atoms with van der Waals surface area (Å²) in [7, 11) is 0. The zero-order chi connectivity index (χ0) is 13.2. The highest BCUT2D eigenvalue weighted by molar-refractivity contribution is 5.99. The van der Waals surface area contributed by atoms with Gasteiger partial charge in [-0.05, 0) is 49.9 Å². The maximum Gasteiger partial charge on any atom is 0.228 e. The van der Waals surface area contributed by atoms with Gasteiger partial charge in [0.2, 0.25) is 5.91 Å². The van der Waals surface area contributed by atoms with E-state index in [0.29, 0.717) is 6.42 Å². The molecule has 96 valence electrons. The van der Waals surface area contributed by atoms with Gasteiger partial charge in [-0.2, -0.15) is 0 Å². The van der Waals surface area contributed by atoms with Gasteiger partial charge in [0.1, 0.15) is 0 Å². The SMILES string of the molecule is CC(C)(O)CC/C=C/c1ccc2c(c1)CC(=O)N2. The topological polar surface area (TPSA) is 49.3 Å². The average molecular weight is 245 g/mol. The standard InChI is InChI=1S/C15H19NO2/c1-15(2,18)8-4-3-5-11-6-7-13-12(9-11)10-14(17)16-13/h3,5-7,9,18H,4,8,10H2,1-2H3,(H,16,17)/b5-3+. The summed E-state index contributed by atoms with van der Waals surface area (Å²) in [5.74, 6) is 0.0631. The number of hydrogen-bond donors (Lipinski definition) is 2. The lowest BCUT2D eigenvalue weighted by molar-refractivity contribution is -0.115. The number of fused-ring (bicyclic) bond motifs is 1. The maximum atomic E-state index is 11.2. The number of carbonyl (C=O) groups excluding carboxylic acids is 1. The van der Waals surface area contributed by atoms with Crippen LogP contribution in [0.25, 0.3) is 6.08 Å². The second-order valence-corrected chi connectivity index (χ2v) is 5.40. The van der Waals surface area contributed by atoms with Crippen molar-refractivity contribution < 1.29 is 9.90 Å². The molecule has 1 heterocycles. The first-order chi connectivity index (χ1) is 8.44. The van der Waals surface area contributed by atoms with Crippen molar-refractivity contribution in [3.05, 3.63) is 35.4 Å². The Labute approximate surface area is 108 Å². The molecule has 0 saturated heterocycles. The summed E-state index contributed by atoms with van der Waals surface area (Å²) < 4.78 is 0. The number of aliphatic hydroxyl groups is 1. The normalized spacial score (nSPS) is 14.9. The van der Waals surface area contributed by atoms with E-state index >= 15 is 0 Å². The molecule has 0 aromatic heterocycles. The van der Waals surface area contributed by atoms with E-state index in [1.54, 1.807) is 0 Å². The smallest absolute Gasteiger partial charge is 0.228 e. The minimum Gasteiger partial charge on any atom is -0.390 e. The molecule has 2 N–H and O–H groups in total. The van der Waals surface area contributed by atoms with Crippen molar-refractivity contribution in [2.45, 2.75) is 38.7 Å². The van der Waals surface area contributed by atoms with E-state index in [2.05, 4.69) is 11.4 Å². The zero-order valence-corrected chi connectivity index (χ0v) is 10.9. The fourth-order valence-electron chi connectivity index (χ4n) is 2.01. The lowest BCUT2D eigenvalue weighted by Crippen LogP contribution is -2.17. The Morgan fingerprint density at radius 3 is 2.94 bits per heavy atom. The monoisotopic (exact) mass is 245 g/mol. The fourth-order valence-corrected chi connectivity index (χ4v) is 2.01.